The number of benzene rings is 2. The monoisotopic (exact) mass is 474 g/mol. The highest BCUT2D eigenvalue weighted by molar-refractivity contribution is 7.89. The number of sulfonamides is 1. The Morgan fingerprint density at radius 1 is 1.06 bits per heavy atom. The maximum absolute atomic E-state index is 13.1. The number of piperidine rings is 1. The molecule has 1 amide bonds. The van der Waals surface area contributed by atoms with E-state index in [-0.39, 0.29) is 29.3 Å². The fraction of sp³-hybridized carbons (Fsp3) is 0.318. The minimum absolute atomic E-state index is 0.0698. The summed E-state index contributed by atoms with van der Waals surface area (Å²) in [7, 11) is -3.67. The van der Waals surface area contributed by atoms with Crippen LogP contribution in [0.2, 0.25) is 5.02 Å². The van der Waals surface area contributed by atoms with Crippen LogP contribution in [0.5, 0.6) is 0 Å². The summed E-state index contributed by atoms with van der Waals surface area (Å²) in [5, 5.41) is 7.26. The Labute approximate surface area is 191 Å². The van der Waals surface area contributed by atoms with Crippen LogP contribution in [-0.2, 0) is 21.2 Å². The smallest absolute Gasteiger partial charge is 0.245 e. The van der Waals surface area contributed by atoms with Gasteiger partial charge < -0.3 is 9.84 Å². The van der Waals surface area contributed by atoms with Crippen molar-refractivity contribution in [1.29, 1.82) is 0 Å². The Kier molecular flexibility index (Phi) is 6.88. The van der Waals surface area contributed by atoms with Crippen molar-refractivity contribution in [2.45, 2.75) is 37.0 Å². The van der Waals surface area contributed by atoms with Gasteiger partial charge in [0.25, 0.3) is 0 Å². The van der Waals surface area contributed by atoms with Crippen molar-refractivity contribution >= 4 is 33.2 Å². The molecule has 10 heteroatoms. The second-order valence-corrected chi connectivity index (χ2v) is 9.87. The Morgan fingerprint density at radius 3 is 2.53 bits per heavy atom. The standard InChI is InChI=1S/C22H23ClN4O4S/c23-17-10-8-16(9-11-17)22-25-21(31-26-22)13-12-20(28)24-18-6-2-3-7-19(18)32(29,30)27-14-4-1-5-15-27/h2-3,6-11H,1,4-5,12-15H2,(H,24,28). The van der Waals surface area contributed by atoms with Crippen LogP contribution in [0.1, 0.15) is 31.6 Å². The van der Waals surface area contributed by atoms with Crippen molar-refractivity contribution in [3.05, 3.63) is 59.4 Å². The number of carbonyl (C=O) groups is 1. The second-order valence-electron chi connectivity index (χ2n) is 7.53. The molecule has 0 aliphatic carbocycles. The lowest BCUT2D eigenvalue weighted by Crippen LogP contribution is -2.36. The molecule has 1 aliphatic rings. The average molecular weight is 475 g/mol. The van der Waals surface area contributed by atoms with Crippen LogP contribution in [0.4, 0.5) is 5.69 Å². The molecule has 0 spiro atoms. The molecule has 1 fully saturated rings. The number of hydrogen-bond donors (Lipinski definition) is 1. The zero-order chi connectivity index (χ0) is 22.6. The van der Waals surface area contributed by atoms with Gasteiger partial charge >= 0.3 is 0 Å². The van der Waals surface area contributed by atoms with E-state index in [1.54, 1.807) is 42.5 Å². The average Bonchev–Trinajstić information content (AvgIpc) is 3.28. The summed E-state index contributed by atoms with van der Waals surface area (Å²) < 4.78 is 32.8. The van der Waals surface area contributed by atoms with E-state index in [9.17, 15) is 13.2 Å². The van der Waals surface area contributed by atoms with Gasteiger partial charge in [-0.1, -0.05) is 35.3 Å². The molecule has 3 aromatic rings. The van der Waals surface area contributed by atoms with Crippen molar-refractivity contribution in [2.75, 3.05) is 18.4 Å². The third kappa shape index (κ3) is 5.17. The first-order valence-electron chi connectivity index (χ1n) is 10.4. The third-order valence-electron chi connectivity index (χ3n) is 5.23. The van der Waals surface area contributed by atoms with Gasteiger partial charge in [0.05, 0.1) is 5.69 Å². The molecule has 1 saturated heterocycles. The third-order valence-corrected chi connectivity index (χ3v) is 7.44. The topological polar surface area (TPSA) is 105 Å². The number of para-hydroxylation sites is 1. The number of amides is 1. The molecule has 32 heavy (non-hydrogen) atoms. The van der Waals surface area contributed by atoms with Gasteiger partial charge in [-0.05, 0) is 49.2 Å². The summed E-state index contributed by atoms with van der Waals surface area (Å²) in [5.74, 6) is 0.395. The van der Waals surface area contributed by atoms with Crippen LogP contribution in [0, 0.1) is 0 Å². The number of rotatable bonds is 7. The minimum atomic E-state index is -3.67. The molecule has 0 saturated carbocycles. The fourth-order valence-electron chi connectivity index (χ4n) is 3.54. The van der Waals surface area contributed by atoms with Crippen molar-refractivity contribution in [3.63, 3.8) is 0 Å². The number of nitrogens with zero attached hydrogens (tertiary/aromatic N) is 3. The molecule has 1 aromatic heterocycles. The first-order chi connectivity index (χ1) is 15.4. The fourth-order valence-corrected chi connectivity index (χ4v) is 5.34. The van der Waals surface area contributed by atoms with E-state index in [0.717, 1.165) is 24.8 Å². The predicted octanol–water partition coefficient (Wildman–Crippen LogP) is 4.14. The van der Waals surface area contributed by atoms with Gasteiger partial charge in [-0.15, -0.1) is 0 Å². The number of halogens is 1. The van der Waals surface area contributed by atoms with E-state index in [1.165, 1.54) is 10.4 Å². The van der Waals surface area contributed by atoms with Gasteiger partial charge in [-0.2, -0.15) is 9.29 Å². The zero-order valence-corrected chi connectivity index (χ0v) is 18.9. The molecule has 2 aromatic carbocycles. The van der Waals surface area contributed by atoms with Crippen molar-refractivity contribution < 1.29 is 17.7 Å². The van der Waals surface area contributed by atoms with E-state index >= 15 is 0 Å². The number of nitrogens with one attached hydrogen (secondary N) is 1. The first kappa shape index (κ1) is 22.4. The predicted molar refractivity (Wildman–Crippen MR) is 121 cm³/mol. The van der Waals surface area contributed by atoms with Crippen LogP contribution < -0.4 is 5.32 Å². The number of anilines is 1. The molecule has 2 heterocycles. The molecule has 168 valence electrons. The molecule has 4 rings (SSSR count). The van der Waals surface area contributed by atoms with Gasteiger partial charge in [-0.25, -0.2) is 8.42 Å². The van der Waals surface area contributed by atoms with E-state index < -0.39 is 10.0 Å². The summed E-state index contributed by atoms with van der Waals surface area (Å²) in [4.78, 5) is 16.9. The maximum Gasteiger partial charge on any atom is 0.245 e. The lowest BCUT2D eigenvalue weighted by molar-refractivity contribution is -0.116. The maximum atomic E-state index is 13.1. The van der Waals surface area contributed by atoms with Crippen LogP contribution in [0.25, 0.3) is 11.4 Å². The zero-order valence-electron chi connectivity index (χ0n) is 17.3. The molecule has 0 radical (unpaired) electrons. The lowest BCUT2D eigenvalue weighted by atomic mass is 10.2. The number of aromatic nitrogens is 2. The van der Waals surface area contributed by atoms with E-state index in [4.69, 9.17) is 16.1 Å². The van der Waals surface area contributed by atoms with E-state index in [1.807, 2.05) is 0 Å². The SMILES string of the molecule is O=C(CCc1nc(-c2ccc(Cl)cc2)no1)Nc1ccccc1S(=O)(=O)N1CCCCC1. The molecule has 1 N–H and O–H groups in total. The molecule has 8 nitrogen and oxygen atoms in total. The lowest BCUT2D eigenvalue weighted by Gasteiger charge is -2.26. The van der Waals surface area contributed by atoms with E-state index in [0.29, 0.717) is 29.8 Å². The van der Waals surface area contributed by atoms with Crippen molar-refractivity contribution in [1.82, 2.24) is 14.4 Å². The molecule has 0 atom stereocenters. The summed E-state index contributed by atoms with van der Waals surface area (Å²) in [6, 6.07) is 13.5. The highest BCUT2D eigenvalue weighted by Crippen LogP contribution is 2.27. The summed E-state index contributed by atoms with van der Waals surface area (Å²) in [6.07, 6.45) is 3.01. The van der Waals surface area contributed by atoms with Gasteiger partial charge in [-0.3, -0.25) is 4.79 Å². The van der Waals surface area contributed by atoms with Crippen LogP contribution in [0.15, 0.2) is 57.9 Å². The van der Waals surface area contributed by atoms with Crippen molar-refractivity contribution in [3.8, 4) is 11.4 Å². The highest BCUT2D eigenvalue weighted by atomic mass is 35.5. The normalized spacial score (nSPS) is 14.9. The summed E-state index contributed by atoms with van der Waals surface area (Å²) in [5.41, 5.74) is 1.03. The van der Waals surface area contributed by atoms with Gasteiger partial charge in [0.15, 0.2) is 0 Å². The minimum Gasteiger partial charge on any atom is -0.339 e. The summed E-state index contributed by atoms with van der Waals surface area (Å²) >= 11 is 5.89. The first-order valence-corrected chi connectivity index (χ1v) is 12.2. The van der Waals surface area contributed by atoms with Crippen LogP contribution >= 0.6 is 11.6 Å². The summed E-state index contributed by atoms with van der Waals surface area (Å²) in [6.45, 7) is 0.995. The number of hydrogen-bond acceptors (Lipinski definition) is 6. The van der Waals surface area contributed by atoms with Gasteiger partial charge in [0, 0.05) is 36.5 Å². The van der Waals surface area contributed by atoms with Gasteiger partial charge in [0.1, 0.15) is 4.90 Å². The second kappa shape index (κ2) is 9.81. The molecule has 0 bridgehead atoms. The molecular formula is C22H23ClN4O4S. The Bertz CT molecular complexity index is 1190. The highest BCUT2D eigenvalue weighted by Gasteiger charge is 2.28. The number of carbonyl (C=O) groups excluding carboxylic acids is 1. The van der Waals surface area contributed by atoms with Crippen molar-refractivity contribution in [2.24, 2.45) is 0 Å². The Balaban J connectivity index is 1.40. The molecular weight excluding hydrogens is 452 g/mol. The quantitative estimate of drug-likeness (QED) is 0.551. The molecule has 1 aliphatic heterocycles. The van der Waals surface area contributed by atoms with Crippen LogP contribution in [-0.4, -0.2) is 41.9 Å². The number of aryl methyl sites for hydroxylation is 1. The largest absolute Gasteiger partial charge is 0.339 e. The Morgan fingerprint density at radius 2 is 1.78 bits per heavy atom. The molecule has 0 unspecified atom stereocenters. The van der Waals surface area contributed by atoms with Crippen LogP contribution in [0.3, 0.4) is 0 Å². The Hall–Kier alpha value is -2.75. The van der Waals surface area contributed by atoms with Gasteiger partial charge in [0.2, 0.25) is 27.6 Å². The van der Waals surface area contributed by atoms with E-state index in [2.05, 4.69) is 15.5 Å².